The molecule has 6 heteroatoms. The molecule has 2 heterocycles. The molecule has 2 aliphatic heterocycles. The Bertz CT molecular complexity index is 354. The second-order valence-electron chi connectivity index (χ2n) is 6.06. The lowest BCUT2D eigenvalue weighted by atomic mass is 10.0. The molecule has 0 aromatic rings. The summed E-state index contributed by atoms with van der Waals surface area (Å²) in [6.07, 6.45) is 3.83. The molecule has 1 atom stereocenters. The molecule has 2 fully saturated rings. The number of urea groups is 1. The molecule has 0 radical (unpaired) electrons. The zero-order chi connectivity index (χ0) is 14.5. The molecule has 1 unspecified atom stereocenters. The van der Waals surface area contributed by atoms with Gasteiger partial charge in [0.25, 0.3) is 0 Å². The van der Waals surface area contributed by atoms with Crippen molar-refractivity contribution in [3.05, 3.63) is 0 Å². The highest BCUT2D eigenvalue weighted by molar-refractivity contribution is 5.74. The van der Waals surface area contributed by atoms with Crippen LogP contribution in [0.1, 0.15) is 32.1 Å². The Hall–Kier alpha value is -1.30. The average Bonchev–Trinajstić information content (AvgIpc) is 2.88. The van der Waals surface area contributed by atoms with Crippen molar-refractivity contribution in [2.45, 2.75) is 38.1 Å². The number of nitrogens with zero attached hydrogens (tertiary/aromatic N) is 2. The van der Waals surface area contributed by atoms with Crippen LogP contribution in [-0.4, -0.2) is 66.2 Å². The van der Waals surface area contributed by atoms with Crippen LogP contribution in [0.15, 0.2) is 0 Å². The van der Waals surface area contributed by atoms with Gasteiger partial charge in [-0.15, -0.1) is 0 Å². The number of hydrogen-bond acceptors (Lipinski definition) is 3. The lowest BCUT2D eigenvalue weighted by Gasteiger charge is -2.30. The maximum absolute atomic E-state index is 12.2. The number of likely N-dealkylation sites (tertiary alicyclic amines) is 2. The first-order valence-electron chi connectivity index (χ1n) is 7.50. The quantitative estimate of drug-likeness (QED) is 0.806. The topological polar surface area (TPSA) is 72.9 Å². The molecule has 0 aromatic carbocycles. The van der Waals surface area contributed by atoms with Gasteiger partial charge in [0.1, 0.15) is 0 Å². The summed E-state index contributed by atoms with van der Waals surface area (Å²) < 4.78 is 0. The molecule has 114 valence electrons. The van der Waals surface area contributed by atoms with Crippen LogP contribution in [-0.2, 0) is 4.79 Å². The van der Waals surface area contributed by atoms with E-state index in [4.69, 9.17) is 5.11 Å². The number of carbonyl (C=O) groups excluding carboxylic acids is 1. The highest BCUT2D eigenvalue weighted by Gasteiger charge is 2.28. The molecule has 0 aromatic heterocycles. The van der Waals surface area contributed by atoms with Gasteiger partial charge in [-0.1, -0.05) is 0 Å². The predicted octanol–water partition coefficient (Wildman–Crippen LogP) is 0.977. The molecule has 2 saturated heterocycles. The highest BCUT2D eigenvalue weighted by atomic mass is 16.4. The average molecular weight is 283 g/mol. The van der Waals surface area contributed by atoms with E-state index in [-0.39, 0.29) is 18.5 Å². The zero-order valence-electron chi connectivity index (χ0n) is 12.2. The summed E-state index contributed by atoms with van der Waals surface area (Å²) in [5.74, 6) is -0.409. The van der Waals surface area contributed by atoms with Crippen molar-refractivity contribution in [2.75, 3.05) is 33.2 Å². The van der Waals surface area contributed by atoms with Crippen LogP contribution in [0, 0.1) is 5.92 Å². The van der Waals surface area contributed by atoms with E-state index < -0.39 is 5.97 Å². The first kappa shape index (κ1) is 15.1. The molecular formula is C14H25N3O3. The number of amides is 2. The molecule has 2 amide bonds. The van der Waals surface area contributed by atoms with E-state index in [0.29, 0.717) is 18.9 Å². The van der Waals surface area contributed by atoms with Crippen molar-refractivity contribution in [3.8, 4) is 0 Å². The normalized spacial score (nSPS) is 24.9. The van der Waals surface area contributed by atoms with Crippen molar-refractivity contribution in [1.29, 1.82) is 0 Å². The van der Waals surface area contributed by atoms with Gasteiger partial charge in [0.15, 0.2) is 0 Å². The molecule has 0 aliphatic carbocycles. The maximum Gasteiger partial charge on any atom is 0.317 e. The van der Waals surface area contributed by atoms with Crippen LogP contribution in [0.4, 0.5) is 4.79 Å². The second kappa shape index (κ2) is 6.92. The van der Waals surface area contributed by atoms with Crippen molar-refractivity contribution in [2.24, 2.45) is 5.92 Å². The first-order chi connectivity index (χ1) is 9.54. The predicted molar refractivity (Wildman–Crippen MR) is 75.6 cm³/mol. The summed E-state index contributed by atoms with van der Waals surface area (Å²) in [5, 5.41) is 11.8. The second-order valence-corrected chi connectivity index (χ2v) is 6.06. The Morgan fingerprint density at radius 3 is 2.55 bits per heavy atom. The van der Waals surface area contributed by atoms with Crippen molar-refractivity contribution in [1.82, 2.24) is 15.1 Å². The van der Waals surface area contributed by atoms with E-state index in [2.05, 4.69) is 17.3 Å². The molecule has 2 aliphatic rings. The van der Waals surface area contributed by atoms with Gasteiger partial charge in [0.2, 0.25) is 0 Å². The number of carboxylic acids is 1. The highest BCUT2D eigenvalue weighted by Crippen LogP contribution is 2.21. The third kappa shape index (κ3) is 4.37. The van der Waals surface area contributed by atoms with Gasteiger partial charge in [-0.25, -0.2) is 4.79 Å². The van der Waals surface area contributed by atoms with Gasteiger partial charge in [0.05, 0.1) is 0 Å². The molecule has 0 spiro atoms. The van der Waals surface area contributed by atoms with Crippen LogP contribution in [0.25, 0.3) is 0 Å². The lowest BCUT2D eigenvalue weighted by Crippen LogP contribution is -2.48. The zero-order valence-corrected chi connectivity index (χ0v) is 12.2. The monoisotopic (exact) mass is 283 g/mol. The van der Waals surface area contributed by atoms with Gasteiger partial charge in [-0.05, 0) is 51.7 Å². The number of aliphatic carboxylic acids is 1. The van der Waals surface area contributed by atoms with Crippen LogP contribution in [0.5, 0.6) is 0 Å². The summed E-state index contributed by atoms with van der Waals surface area (Å²) in [7, 11) is 2.10. The van der Waals surface area contributed by atoms with Crippen LogP contribution >= 0.6 is 0 Å². The molecule has 20 heavy (non-hydrogen) atoms. The van der Waals surface area contributed by atoms with Crippen LogP contribution in [0.2, 0.25) is 0 Å². The van der Waals surface area contributed by atoms with Gasteiger partial charge >= 0.3 is 12.0 Å². The van der Waals surface area contributed by atoms with Crippen LogP contribution < -0.4 is 5.32 Å². The Labute approximate surface area is 120 Å². The number of nitrogens with one attached hydrogen (secondary N) is 1. The standard InChI is InChI=1S/C14H25N3O3/c1-16-7-5-12(6-8-16)15-14(20)17-9-4-11(10-17)2-3-13(18)19/h11-12H,2-10H2,1H3,(H,15,20)(H,18,19). The Morgan fingerprint density at radius 2 is 1.90 bits per heavy atom. The van der Waals surface area contributed by atoms with Gasteiger partial charge in [-0.2, -0.15) is 0 Å². The maximum atomic E-state index is 12.2. The summed E-state index contributed by atoms with van der Waals surface area (Å²) in [4.78, 5) is 26.8. The van der Waals surface area contributed by atoms with E-state index >= 15 is 0 Å². The van der Waals surface area contributed by atoms with E-state index in [1.54, 1.807) is 0 Å². The van der Waals surface area contributed by atoms with Gasteiger partial charge < -0.3 is 20.2 Å². The Kier molecular flexibility index (Phi) is 5.23. The summed E-state index contributed by atoms with van der Waals surface area (Å²) in [5.41, 5.74) is 0. The fourth-order valence-electron chi connectivity index (χ4n) is 3.00. The Morgan fingerprint density at radius 1 is 1.20 bits per heavy atom. The minimum atomic E-state index is -0.751. The largest absolute Gasteiger partial charge is 0.481 e. The summed E-state index contributed by atoms with van der Waals surface area (Å²) in [6, 6.07) is 0.314. The van der Waals surface area contributed by atoms with E-state index in [0.717, 1.165) is 38.9 Å². The number of piperidine rings is 1. The van der Waals surface area contributed by atoms with E-state index in [1.165, 1.54) is 0 Å². The first-order valence-corrected chi connectivity index (χ1v) is 7.50. The third-order valence-corrected chi connectivity index (χ3v) is 4.39. The number of hydrogen-bond donors (Lipinski definition) is 2. The smallest absolute Gasteiger partial charge is 0.317 e. The van der Waals surface area contributed by atoms with Gasteiger partial charge in [-0.3, -0.25) is 4.79 Å². The van der Waals surface area contributed by atoms with E-state index in [9.17, 15) is 9.59 Å². The number of carboxylic acid groups (broad SMARTS) is 1. The van der Waals surface area contributed by atoms with Crippen molar-refractivity contribution >= 4 is 12.0 Å². The number of rotatable bonds is 4. The summed E-state index contributed by atoms with van der Waals surface area (Å²) >= 11 is 0. The fraction of sp³-hybridized carbons (Fsp3) is 0.857. The minimum absolute atomic E-state index is 0.0254. The molecule has 2 rings (SSSR count). The van der Waals surface area contributed by atoms with Crippen LogP contribution in [0.3, 0.4) is 0 Å². The minimum Gasteiger partial charge on any atom is -0.481 e. The molecule has 0 bridgehead atoms. The Balaban J connectivity index is 1.70. The molecular weight excluding hydrogens is 258 g/mol. The molecule has 6 nitrogen and oxygen atoms in total. The fourth-order valence-corrected chi connectivity index (χ4v) is 3.00. The lowest BCUT2D eigenvalue weighted by molar-refractivity contribution is -0.137. The molecule has 0 saturated carbocycles. The summed E-state index contributed by atoms with van der Waals surface area (Å²) in [6.45, 7) is 3.52. The molecule has 2 N–H and O–H groups in total. The van der Waals surface area contributed by atoms with Crippen molar-refractivity contribution < 1.29 is 14.7 Å². The number of carbonyl (C=O) groups is 2. The van der Waals surface area contributed by atoms with Gasteiger partial charge in [0, 0.05) is 25.6 Å². The van der Waals surface area contributed by atoms with Crippen molar-refractivity contribution in [3.63, 3.8) is 0 Å². The third-order valence-electron chi connectivity index (χ3n) is 4.39. The van der Waals surface area contributed by atoms with E-state index in [1.807, 2.05) is 4.90 Å². The SMILES string of the molecule is CN1CCC(NC(=O)N2CCC(CCC(=O)O)C2)CC1.